The van der Waals surface area contributed by atoms with Gasteiger partial charge in [0.05, 0.1) is 25.1 Å². The molecule has 0 spiro atoms. The fraction of sp³-hybridized carbons (Fsp3) is 0.385. The highest BCUT2D eigenvalue weighted by atomic mass is 19.1. The lowest BCUT2D eigenvalue weighted by Crippen LogP contribution is -2.36. The number of rotatable bonds is 10. The summed E-state index contributed by atoms with van der Waals surface area (Å²) in [6.07, 6.45) is 7.38. The van der Waals surface area contributed by atoms with Crippen molar-refractivity contribution in [2.75, 3.05) is 45.2 Å². The van der Waals surface area contributed by atoms with Crippen LogP contribution in [0, 0.1) is 5.82 Å². The molecule has 0 aliphatic carbocycles. The van der Waals surface area contributed by atoms with Crippen LogP contribution < -0.4 is 15.4 Å². The van der Waals surface area contributed by atoms with Gasteiger partial charge in [0.1, 0.15) is 11.2 Å². The Bertz CT molecular complexity index is 1340. The van der Waals surface area contributed by atoms with E-state index in [0.717, 1.165) is 32.4 Å². The highest BCUT2D eigenvalue weighted by Gasteiger charge is 2.20. The molecule has 4 aromatic heterocycles. The van der Waals surface area contributed by atoms with Crippen LogP contribution in [0.15, 0.2) is 48.9 Å². The Balaban J connectivity index is 1.42. The molecule has 1 unspecified atom stereocenters. The molecule has 0 aromatic carbocycles. The lowest BCUT2D eigenvalue weighted by atomic mass is 10.1. The van der Waals surface area contributed by atoms with Crippen LogP contribution in [-0.4, -0.2) is 74.4 Å². The number of aliphatic hydroxyl groups is 1. The summed E-state index contributed by atoms with van der Waals surface area (Å²) in [4.78, 5) is 15.4. The van der Waals surface area contributed by atoms with Crippen LogP contribution in [0.5, 0.6) is 5.88 Å². The number of pyridine rings is 2. The maximum Gasteiger partial charge on any atom is 0.213 e. The van der Waals surface area contributed by atoms with Gasteiger partial charge in [0.25, 0.3) is 0 Å². The lowest BCUT2D eigenvalue weighted by Gasteiger charge is -2.26. The van der Waals surface area contributed by atoms with Gasteiger partial charge in [-0.25, -0.2) is 18.9 Å². The minimum absolute atomic E-state index is 0.210. The van der Waals surface area contributed by atoms with Gasteiger partial charge in [-0.05, 0) is 44.1 Å². The smallest absolute Gasteiger partial charge is 0.213 e. The van der Waals surface area contributed by atoms with Gasteiger partial charge in [-0.15, -0.1) is 5.10 Å². The van der Waals surface area contributed by atoms with E-state index in [4.69, 9.17) is 4.74 Å². The van der Waals surface area contributed by atoms with Crippen molar-refractivity contribution in [3.05, 3.63) is 60.3 Å². The lowest BCUT2D eigenvalue weighted by molar-refractivity contribution is 0.171. The number of likely N-dealkylation sites (tertiary alicyclic amines) is 1. The zero-order chi connectivity index (χ0) is 25.6. The Kier molecular flexibility index (Phi) is 7.83. The number of nitrogens with zero attached hydrogens (tertiary/aromatic N) is 6. The first-order valence-corrected chi connectivity index (χ1v) is 12.5. The van der Waals surface area contributed by atoms with Gasteiger partial charge in [0.2, 0.25) is 11.7 Å². The third-order valence-electron chi connectivity index (χ3n) is 6.48. The number of hydrogen-bond donors (Lipinski definition) is 3. The molecule has 5 heterocycles. The van der Waals surface area contributed by atoms with E-state index in [0.29, 0.717) is 40.8 Å². The standard InChI is InChI=1S/C26H31FN8O2/c1-37-23-7-5-6-21(30-23)25-32-26(31-20-8-10-28-16-19(20)27)24-18(9-14-35(24)33-25)22(36)17-29-11-15-34-12-3-2-4-13-34/h5-10,14,16,22,29,36H,2-4,11-13,15,17H2,1H3,(H,28,31,32,33). The van der Waals surface area contributed by atoms with E-state index in [9.17, 15) is 9.50 Å². The summed E-state index contributed by atoms with van der Waals surface area (Å²) in [5.41, 5.74) is 1.89. The number of hydrogen-bond acceptors (Lipinski definition) is 9. The third kappa shape index (κ3) is 5.85. The summed E-state index contributed by atoms with van der Waals surface area (Å²) in [7, 11) is 1.54. The third-order valence-corrected chi connectivity index (χ3v) is 6.48. The van der Waals surface area contributed by atoms with Crippen molar-refractivity contribution in [3.63, 3.8) is 0 Å². The summed E-state index contributed by atoms with van der Waals surface area (Å²) in [5.74, 6) is 0.565. The van der Waals surface area contributed by atoms with Gasteiger partial charge < -0.3 is 25.4 Å². The molecule has 0 saturated carbocycles. The second-order valence-electron chi connectivity index (χ2n) is 9.02. The Morgan fingerprint density at radius 3 is 2.81 bits per heavy atom. The number of aromatic nitrogens is 5. The van der Waals surface area contributed by atoms with Crippen molar-refractivity contribution in [2.24, 2.45) is 0 Å². The molecule has 4 aromatic rings. The van der Waals surface area contributed by atoms with Crippen LogP contribution in [0.4, 0.5) is 15.9 Å². The molecule has 10 nitrogen and oxygen atoms in total. The number of fused-ring (bicyclic) bond motifs is 1. The van der Waals surface area contributed by atoms with Gasteiger partial charge >= 0.3 is 0 Å². The predicted octanol–water partition coefficient (Wildman–Crippen LogP) is 3.19. The van der Waals surface area contributed by atoms with Crippen LogP contribution in [0.2, 0.25) is 0 Å². The van der Waals surface area contributed by atoms with Crippen molar-refractivity contribution < 1.29 is 14.2 Å². The molecule has 1 fully saturated rings. The molecule has 194 valence electrons. The summed E-state index contributed by atoms with van der Waals surface area (Å²) >= 11 is 0. The summed E-state index contributed by atoms with van der Waals surface area (Å²) in [6, 6.07) is 8.63. The number of methoxy groups -OCH3 is 1. The molecule has 1 saturated heterocycles. The summed E-state index contributed by atoms with van der Waals surface area (Å²) in [5, 5.41) is 22.1. The molecule has 0 amide bonds. The van der Waals surface area contributed by atoms with Crippen molar-refractivity contribution in [1.29, 1.82) is 0 Å². The van der Waals surface area contributed by atoms with E-state index in [-0.39, 0.29) is 5.69 Å². The molecule has 0 bridgehead atoms. The number of aliphatic hydroxyl groups excluding tert-OH is 1. The Hall–Kier alpha value is -3.67. The topological polar surface area (TPSA) is 113 Å². The molecule has 5 rings (SSSR count). The molecule has 1 atom stereocenters. The van der Waals surface area contributed by atoms with Crippen LogP contribution in [-0.2, 0) is 0 Å². The minimum atomic E-state index is -0.807. The predicted molar refractivity (Wildman–Crippen MR) is 138 cm³/mol. The summed E-state index contributed by atoms with van der Waals surface area (Å²) < 4.78 is 21.3. The normalized spacial score (nSPS) is 15.1. The molecule has 37 heavy (non-hydrogen) atoms. The van der Waals surface area contributed by atoms with E-state index in [2.05, 4.69) is 35.6 Å². The van der Waals surface area contributed by atoms with E-state index in [1.54, 1.807) is 35.0 Å². The average Bonchev–Trinajstić information content (AvgIpc) is 3.37. The van der Waals surface area contributed by atoms with Crippen LogP contribution in [0.3, 0.4) is 0 Å². The van der Waals surface area contributed by atoms with E-state index >= 15 is 0 Å². The molecule has 3 N–H and O–H groups in total. The van der Waals surface area contributed by atoms with Gasteiger partial charge in [0, 0.05) is 43.7 Å². The maximum absolute atomic E-state index is 14.5. The van der Waals surface area contributed by atoms with E-state index in [1.165, 1.54) is 38.6 Å². The second kappa shape index (κ2) is 11.6. The van der Waals surface area contributed by atoms with Gasteiger partial charge in [-0.1, -0.05) is 12.5 Å². The largest absolute Gasteiger partial charge is 0.481 e. The molecular weight excluding hydrogens is 475 g/mol. The first-order valence-electron chi connectivity index (χ1n) is 12.5. The number of halogens is 1. The number of ether oxygens (including phenoxy) is 1. The Morgan fingerprint density at radius 2 is 2.00 bits per heavy atom. The molecule has 1 aliphatic heterocycles. The van der Waals surface area contributed by atoms with Gasteiger partial charge in [-0.2, -0.15) is 0 Å². The van der Waals surface area contributed by atoms with E-state index in [1.807, 2.05) is 0 Å². The fourth-order valence-electron chi connectivity index (χ4n) is 4.54. The zero-order valence-corrected chi connectivity index (χ0v) is 20.8. The summed E-state index contributed by atoms with van der Waals surface area (Å²) in [6.45, 7) is 4.39. The molecule has 11 heteroatoms. The number of nitrogens with one attached hydrogen (secondary N) is 2. The Morgan fingerprint density at radius 1 is 1.14 bits per heavy atom. The van der Waals surface area contributed by atoms with Gasteiger partial charge in [-0.3, -0.25) is 4.98 Å². The number of anilines is 2. The molecule has 1 aliphatic rings. The fourth-order valence-corrected chi connectivity index (χ4v) is 4.54. The minimum Gasteiger partial charge on any atom is -0.481 e. The monoisotopic (exact) mass is 506 g/mol. The Labute approximate surface area is 214 Å². The highest BCUT2D eigenvalue weighted by Crippen LogP contribution is 2.30. The van der Waals surface area contributed by atoms with Crippen LogP contribution in [0.25, 0.3) is 17.0 Å². The van der Waals surface area contributed by atoms with Crippen molar-refractivity contribution in [2.45, 2.75) is 25.4 Å². The van der Waals surface area contributed by atoms with Crippen LogP contribution in [0.1, 0.15) is 30.9 Å². The maximum atomic E-state index is 14.5. The number of piperidine rings is 1. The van der Waals surface area contributed by atoms with Crippen molar-refractivity contribution >= 4 is 17.0 Å². The second-order valence-corrected chi connectivity index (χ2v) is 9.02. The quantitative estimate of drug-likeness (QED) is 0.279. The van der Waals surface area contributed by atoms with Crippen molar-refractivity contribution in [3.8, 4) is 17.4 Å². The van der Waals surface area contributed by atoms with Crippen LogP contribution >= 0.6 is 0 Å². The average molecular weight is 507 g/mol. The van der Waals surface area contributed by atoms with Crippen molar-refractivity contribution in [1.82, 2.24) is 34.8 Å². The molecule has 0 radical (unpaired) electrons. The zero-order valence-electron chi connectivity index (χ0n) is 20.8. The first kappa shape index (κ1) is 25.0. The first-order chi connectivity index (χ1) is 18.1. The van der Waals surface area contributed by atoms with E-state index < -0.39 is 11.9 Å². The molecular formula is C26H31FN8O2. The van der Waals surface area contributed by atoms with Gasteiger partial charge in [0.15, 0.2) is 11.6 Å². The SMILES string of the molecule is COc1cccc(-c2nc(Nc3ccncc3F)c3c(C(O)CNCCN4CCCCC4)ccn3n2)n1. The highest BCUT2D eigenvalue weighted by molar-refractivity contribution is 5.78.